The summed E-state index contributed by atoms with van der Waals surface area (Å²) in [7, 11) is 0. The van der Waals surface area contributed by atoms with Gasteiger partial charge in [-0.25, -0.2) is 4.79 Å². The summed E-state index contributed by atoms with van der Waals surface area (Å²) in [5, 5.41) is 0.426. The second-order valence-electron chi connectivity index (χ2n) is 7.96. The maximum atomic E-state index is 13.0. The normalized spacial score (nSPS) is 17.7. The molecule has 2 aliphatic heterocycles. The lowest BCUT2D eigenvalue weighted by atomic mass is 9.89. The number of nitrogens with zero attached hydrogens (tertiary/aromatic N) is 2. The van der Waals surface area contributed by atoms with Gasteiger partial charge < -0.3 is 19.3 Å². The van der Waals surface area contributed by atoms with E-state index in [0.29, 0.717) is 48.8 Å². The van der Waals surface area contributed by atoms with Gasteiger partial charge in [-0.15, -0.1) is 0 Å². The average molecular weight is 441 g/mol. The first kappa shape index (κ1) is 21.2. The number of piperidine rings is 1. The van der Waals surface area contributed by atoms with E-state index in [-0.39, 0.29) is 18.6 Å². The second kappa shape index (κ2) is 9.02. The quantitative estimate of drug-likeness (QED) is 0.684. The number of hydrogen-bond acceptors (Lipinski definition) is 4. The lowest BCUT2D eigenvalue weighted by Gasteiger charge is -2.46. The van der Waals surface area contributed by atoms with Gasteiger partial charge in [0.25, 0.3) is 5.91 Å². The molecule has 7 heteroatoms. The number of hydrogen-bond donors (Lipinski definition) is 0. The minimum atomic E-state index is -0.522. The molecule has 0 radical (unpaired) electrons. The molecule has 6 nitrogen and oxygen atoms in total. The van der Waals surface area contributed by atoms with Gasteiger partial charge in [0.2, 0.25) is 0 Å². The van der Waals surface area contributed by atoms with Gasteiger partial charge >= 0.3 is 6.09 Å². The Bertz CT molecular complexity index is 984. The van der Waals surface area contributed by atoms with Crippen LogP contribution in [0.4, 0.5) is 4.79 Å². The first-order valence-electron chi connectivity index (χ1n) is 10.3. The van der Waals surface area contributed by atoms with E-state index >= 15 is 0 Å². The van der Waals surface area contributed by atoms with E-state index in [9.17, 15) is 9.59 Å². The highest BCUT2D eigenvalue weighted by molar-refractivity contribution is 6.33. The second-order valence-corrected chi connectivity index (χ2v) is 8.37. The Morgan fingerprint density at radius 1 is 1.06 bits per heavy atom. The number of carbonyl (C=O) groups excluding carboxylic acids is 2. The molecule has 162 valence electrons. The number of ether oxygens (including phenoxy) is 2. The predicted octanol–water partition coefficient (Wildman–Crippen LogP) is 4.85. The van der Waals surface area contributed by atoms with Crippen molar-refractivity contribution in [1.82, 2.24) is 9.80 Å². The van der Waals surface area contributed by atoms with E-state index in [0.717, 1.165) is 5.56 Å². The molecule has 2 aromatic rings. The molecular weight excluding hydrogens is 416 g/mol. The van der Waals surface area contributed by atoms with Gasteiger partial charge in [0.15, 0.2) is 0 Å². The number of halogens is 1. The van der Waals surface area contributed by atoms with Gasteiger partial charge in [-0.3, -0.25) is 4.79 Å². The highest BCUT2D eigenvalue weighted by Gasteiger charge is 2.43. The third-order valence-electron chi connectivity index (χ3n) is 5.68. The van der Waals surface area contributed by atoms with Crippen LogP contribution in [0.1, 0.15) is 35.7 Å². The molecule has 31 heavy (non-hydrogen) atoms. The van der Waals surface area contributed by atoms with Crippen LogP contribution in [0.25, 0.3) is 0 Å². The topological polar surface area (TPSA) is 59.1 Å². The van der Waals surface area contributed by atoms with Gasteiger partial charge in [-0.05, 0) is 24.6 Å². The molecule has 2 aromatic carbocycles. The summed E-state index contributed by atoms with van der Waals surface area (Å²) in [6.07, 6.45) is 2.62. The van der Waals surface area contributed by atoms with Crippen molar-refractivity contribution in [1.29, 1.82) is 0 Å². The van der Waals surface area contributed by atoms with Crippen molar-refractivity contribution in [3.63, 3.8) is 0 Å². The Hall–Kier alpha value is -2.99. The number of amides is 2. The zero-order valence-corrected chi connectivity index (χ0v) is 18.2. The molecule has 2 aliphatic rings. The molecule has 0 N–H and O–H groups in total. The number of rotatable bonds is 3. The molecule has 1 fully saturated rings. The predicted molar refractivity (Wildman–Crippen MR) is 117 cm³/mol. The largest absolute Gasteiger partial charge is 0.488 e. The van der Waals surface area contributed by atoms with Crippen molar-refractivity contribution in [2.45, 2.75) is 32.0 Å². The summed E-state index contributed by atoms with van der Waals surface area (Å²) < 4.78 is 11.6. The molecule has 2 heterocycles. The lowest BCUT2D eigenvalue weighted by Crippen LogP contribution is -2.55. The molecule has 0 atom stereocenters. The number of benzene rings is 2. The average Bonchev–Trinajstić information content (AvgIpc) is 2.78. The Labute approximate surface area is 187 Å². The van der Waals surface area contributed by atoms with Gasteiger partial charge in [0.1, 0.15) is 18.0 Å². The third-order valence-corrected chi connectivity index (χ3v) is 6.01. The third kappa shape index (κ3) is 4.85. The molecule has 0 bridgehead atoms. The Kier molecular flexibility index (Phi) is 6.18. The van der Waals surface area contributed by atoms with Crippen molar-refractivity contribution in [3.05, 3.63) is 82.7 Å². The first-order chi connectivity index (χ1) is 15.0. The first-order valence-corrected chi connectivity index (χ1v) is 10.7. The molecule has 0 saturated carbocycles. The van der Waals surface area contributed by atoms with E-state index in [1.54, 1.807) is 40.3 Å². The van der Waals surface area contributed by atoms with Crippen molar-refractivity contribution < 1.29 is 19.1 Å². The molecule has 0 unspecified atom stereocenters. The lowest BCUT2D eigenvalue weighted by molar-refractivity contribution is -0.0708. The molecule has 2 amide bonds. The van der Waals surface area contributed by atoms with E-state index in [2.05, 4.69) is 0 Å². The SMILES string of the molecule is CC1=CN(C(=O)c2ccccc2Cl)CC2(CCN(C(=O)OCc3ccccc3)CC2)O1. The zero-order valence-electron chi connectivity index (χ0n) is 17.4. The smallest absolute Gasteiger partial charge is 0.410 e. The van der Waals surface area contributed by atoms with Gasteiger partial charge in [0, 0.05) is 32.1 Å². The summed E-state index contributed by atoms with van der Waals surface area (Å²) in [5.41, 5.74) is 0.896. The fraction of sp³-hybridized carbons (Fsp3) is 0.333. The Morgan fingerprint density at radius 2 is 1.74 bits per heavy atom. The van der Waals surface area contributed by atoms with Crippen LogP contribution in [0.3, 0.4) is 0 Å². The summed E-state index contributed by atoms with van der Waals surface area (Å²) in [6, 6.07) is 16.6. The van der Waals surface area contributed by atoms with Crippen molar-refractivity contribution >= 4 is 23.6 Å². The van der Waals surface area contributed by atoms with Crippen LogP contribution in [0.2, 0.25) is 5.02 Å². The zero-order chi connectivity index (χ0) is 21.8. The van der Waals surface area contributed by atoms with Crippen LogP contribution in [0.15, 0.2) is 66.6 Å². The summed E-state index contributed by atoms with van der Waals surface area (Å²) in [4.78, 5) is 28.9. The molecule has 4 rings (SSSR count). The van der Waals surface area contributed by atoms with Crippen LogP contribution in [-0.4, -0.2) is 47.0 Å². The number of allylic oxidation sites excluding steroid dienone is 1. The fourth-order valence-electron chi connectivity index (χ4n) is 4.06. The van der Waals surface area contributed by atoms with Crippen LogP contribution < -0.4 is 0 Å². The van der Waals surface area contributed by atoms with Crippen LogP contribution >= 0.6 is 11.6 Å². The molecule has 1 spiro atoms. The summed E-state index contributed by atoms with van der Waals surface area (Å²) in [6.45, 7) is 3.53. The van der Waals surface area contributed by atoms with Gasteiger partial charge in [0.05, 0.1) is 17.1 Å². The van der Waals surface area contributed by atoms with Gasteiger partial charge in [-0.2, -0.15) is 0 Å². The summed E-state index contributed by atoms with van der Waals surface area (Å²) in [5.74, 6) is 0.518. The standard InChI is InChI=1S/C24H25ClN2O4/c1-18-15-27(22(28)20-9-5-6-10-21(20)25)17-24(31-18)11-13-26(14-12-24)23(29)30-16-19-7-3-2-4-8-19/h2-10,15H,11-14,16-17H2,1H3. The maximum absolute atomic E-state index is 13.0. The van der Waals surface area contributed by atoms with Crippen molar-refractivity contribution in [3.8, 4) is 0 Å². The van der Waals surface area contributed by atoms with Crippen LogP contribution in [-0.2, 0) is 16.1 Å². The van der Waals surface area contributed by atoms with Crippen LogP contribution in [0, 0.1) is 0 Å². The molecule has 0 aromatic heterocycles. The molecular formula is C24H25ClN2O4. The van der Waals surface area contributed by atoms with E-state index in [1.165, 1.54) is 0 Å². The van der Waals surface area contributed by atoms with E-state index < -0.39 is 5.60 Å². The Morgan fingerprint density at radius 3 is 2.45 bits per heavy atom. The van der Waals surface area contributed by atoms with Crippen molar-refractivity contribution in [2.75, 3.05) is 19.6 Å². The van der Waals surface area contributed by atoms with Gasteiger partial charge in [-0.1, -0.05) is 54.1 Å². The van der Waals surface area contributed by atoms with E-state index in [4.69, 9.17) is 21.1 Å². The maximum Gasteiger partial charge on any atom is 0.410 e. The number of carbonyl (C=O) groups is 2. The highest BCUT2D eigenvalue weighted by atomic mass is 35.5. The number of likely N-dealkylation sites (tertiary alicyclic amines) is 1. The minimum absolute atomic E-state index is 0.155. The Balaban J connectivity index is 1.37. The highest BCUT2D eigenvalue weighted by Crippen LogP contribution is 2.34. The van der Waals surface area contributed by atoms with Crippen LogP contribution in [0.5, 0.6) is 0 Å². The van der Waals surface area contributed by atoms with E-state index in [1.807, 2.05) is 37.3 Å². The van der Waals surface area contributed by atoms with Crippen molar-refractivity contribution in [2.24, 2.45) is 0 Å². The molecule has 1 saturated heterocycles. The fourth-order valence-corrected chi connectivity index (χ4v) is 4.28. The monoisotopic (exact) mass is 440 g/mol. The molecule has 0 aliphatic carbocycles. The minimum Gasteiger partial charge on any atom is -0.488 e. The summed E-state index contributed by atoms with van der Waals surface area (Å²) >= 11 is 6.22.